The molecule has 3 nitrogen and oxygen atoms in total. The van der Waals surface area contributed by atoms with Crippen molar-refractivity contribution in [1.29, 1.82) is 0 Å². The summed E-state index contributed by atoms with van der Waals surface area (Å²) >= 11 is 1.57. The van der Waals surface area contributed by atoms with Crippen molar-refractivity contribution in [3.05, 3.63) is 58.9 Å². The molecule has 0 unspecified atom stereocenters. The van der Waals surface area contributed by atoms with E-state index in [1.165, 1.54) is 0 Å². The molecular weight excluding hydrogens is 244 g/mol. The number of aryl methyl sites for hydroxylation is 1. The number of fused-ring (bicyclic) bond motifs is 1. The lowest BCUT2D eigenvalue weighted by molar-refractivity contribution is 0.0991. The molecule has 0 radical (unpaired) electrons. The van der Waals surface area contributed by atoms with E-state index in [1.54, 1.807) is 11.3 Å². The summed E-state index contributed by atoms with van der Waals surface area (Å²) in [6.45, 7) is 1.96. The van der Waals surface area contributed by atoms with Crippen molar-refractivity contribution in [3.63, 3.8) is 0 Å². The first kappa shape index (κ1) is 11.2. The Kier molecular flexibility index (Phi) is 2.72. The standard InChI is InChI=1S/C14H12N2OS/c1-10-4-2-3-5-12(10)13(17)8-11-9-16-6-7-18-14(16)15-11/h2-7,9H,8H2,1H3. The molecule has 0 saturated carbocycles. The smallest absolute Gasteiger partial charge is 0.193 e. The molecule has 0 amide bonds. The number of imidazole rings is 1. The van der Waals surface area contributed by atoms with Gasteiger partial charge in [0.15, 0.2) is 10.7 Å². The molecule has 0 bridgehead atoms. The number of carbonyl (C=O) groups excluding carboxylic acids is 1. The number of benzene rings is 1. The number of hydrogen-bond acceptors (Lipinski definition) is 3. The normalized spacial score (nSPS) is 10.9. The molecule has 0 aliphatic heterocycles. The Morgan fingerprint density at radius 2 is 2.22 bits per heavy atom. The van der Waals surface area contributed by atoms with E-state index in [0.717, 1.165) is 21.8 Å². The first-order valence-electron chi connectivity index (χ1n) is 5.74. The molecular formula is C14H12N2OS. The second kappa shape index (κ2) is 4.38. The third-order valence-corrected chi connectivity index (χ3v) is 3.70. The molecule has 4 heteroatoms. The Labute approximate surface area is 109 Å². The van der Waals surface area contributed by atoms with Gasteiger partial charge in [-0.2, -0.15) is 0 Å². The lowest BCUT2D eigenvalue weighted by Gasteiger charge is -2.02. The average Bonchev–Trinajstić information content (AvgIpc) is 2.90. The van der Waals surface area contributed by atoms with Crippen molar-refractivity contribution < 1.29 is 4.79 Å². The summed E-state index contributed by atoms with van der Waals surface area (Å²) in [5.74, 6) is 0.124. The quantitative estimate of drug-likeness (QED) is 0.675. The largest absolute Gasteiger partial charge is 0.297 e. The van der Waals surface area contributed by atoms with Crippen LogP contribution in [-0.2, 0) is 6.42 Å². The van der Waals surface area contributed by atoms with Gasteiger partial charge in [-0.1, -0.05) is 24.3 Å². The second-order valence-corrected chi connectivity index (χ2v) is 5.11. The van der Waals surface area contributed by atoms with Crippen molar-refractivity contribution in [2.45, 2.75) is 13.3 Å². The number of nitrogens with zero attached hydrogens (tertiary/aromatic N) is 2. The summed E-state index contributed by atoms with van der Waals surface area (Å²) in [7, 11) is 0. The van der Waals surface area contributed by atoms with Gasteiger partial charge in [0, 0.05) is 23.3 Å². The molecule has 0 spiro atoms. The molecule has 3 aromatic rings. The Morgan fingerprint density at radius 3 is 3.00 bits per heavy atom. The summed E-state index contributed by atoms with van der Waals surface area (Å²) < 4.78 is 1.95. The highest BCUT2D eigenvalue weighted by molar-refractivity contribution is 7.15. The van der Waals surface area contributed by atoms with Crippen LogP contribution < -0.4 is 0 Å². The minimum Gasteiger partial charge on any atom is -0.297 e. The molecule has 90 valence electrons. The fourth-order valence-corrected chi connectivity index (χ4v) is 2.73. The predicted molar refractivity (Wildman–Crippen MR) is 72.3 cm³/mol. The number of Topliss-reactive ketones (excluding diaryl/α,β-unsaturated/α-hetero) is 1. The minimum absolute atomic E-state index is 0.124. The summed E-state index contributed by atoms with van der Waals surface area (Å²) in [5, 5.41) is 1.98. The van der Waals surface area contributed by atoms with Crippen LogP contribution in [0, 0.1) is 6.92 Å². The van der Waals surface area contributed by atoms with Crippen LogP contribution in [0.1, 0.15) is 21.6 Å². The fourth-order valence-electron chi connectivity index (χ4n) is 2.01. The van der Waals surface area contributed by atoms with Gasteiger partial charge in [0.1, 0.15) is 0 Å². The number of rotatable bonds is 3. The summed E-state index contributed by atoms with van der Waals surface area (Å²) in [5.41, 5.74) is 2.63. The van der Waals surface area contributed by atoms with Gasteiger partial charge in [-0.15, -0.1) is 11.3 Å². The highest BCUT2D eigenvalue weighted by Gasteiger charge is 2.12. The maximum Gasteiger partial charge on any atom is 0.193 e. The lowest BCUT2D eigenvalue weighted by Crippen LogP contribution is -2.05. The van der Waals surface area contributed by atoms with Crippen molar-refractivity contribution in [1.82, 2.24) is 9.38 Å². The Bertz CT molecular complexity index is 683. The summed E-state index contributed by atoms with van der Waals surface area (Å²) in [6, 6.07) is 7.67. The Balaban J connectivity index is 1.87. The van der Waals surface area contributed by atoms with Crippen LogP contribution in [0.2, 0.25) is 0 Å². The molecule has 0 aliphatic rings. The lowest BCUT2D eigenvalue weighted by atomic mass is 10.0. The molecule has 2 aromatic heterocycles. The van der Waals surface area contributed by atoms with Crippen LogP contribution >= 0.6 is 11.3 Å². The molecule has 1 aromatic carbocycles. The maximum atomic E-state index is 12.2. The first-order chi connectivity index (χ1) is 8.74. The van der Waals surface area contributed by atoms with Gasteiger partial charge in [0.05, 0.1) is 12.1 Å². The van der Waals surface area contributed by atoms with Crippen molar-refractivity contribution in [3.8, 4) is 0 Å². The predicted octanol–water partition coefficient (Wildman–Crippen LogP) is 3.13. The minimum atomic E-state index is 0.124. The van der Waals surface area contributed by atoms with Gasteiger partial charge < -0.3 is 0 Å². The zero-order valence-electron chi connectivity index (χ0n) is 9.96. The van der Waals surface area contributed by atoms with E-state index in [2.05, 4.69) is 4.98 Å². The van der Waals surface area contributed by atoms with E-state index < -0.39 is 0 Å². The maximum absolute atomic E-state index is 12.2. The van der Waals surface area contributed by atoms with E-state index in [-0.39, 0.29) is 5.78 Å². The van der Waals surface area contributed by atoms with Crippen LogP contribution in [0.5, 0.6) is 0 Å². The van der Waals surface area contributed by atoms with Gasteiger partial charge >= 0.3 is 0 Å². The fraction of sp³-hybridized carbons (Fsp3) is 0.143. The van der Waals surface area contributed by atoms with Crippen LogP contribution in [0.15, 0.2) is 42.0 Å². The third-order valence-electron chi connectivity index (χ3n) is 2.93. The number of aromatic nitrogens is 2. The number of ketones is 1. The monoisotopic (exact) mass is 256 g/mol. The SMILES string of the molecule is Cc1ccccc1C(=O)Cc1cn2ccsc2n1. The van der Waals surface area contributed by atoms with Gasteiger partial charge in [-0.25, -0.2) is 4.98 Å². The molecule has 0 saturated heterocycles. The third kappa shape index (κ3) is 1.95. The van der Waals surface area contributed by atoms with Crippen molar-refractivity contribution in [2.24, 2.45) is 0 Å². The molecule has 18 heavy (non-hydrogen) atoms. The topological polar surface area (TPSA) is 34.4 Å². The van der Waals surface area contributed by atoms with Gasteiger partial charge in [0.25, 0.3) is 0 Å². The zero-order chi connectivity index (χ0) is 12.5. The highest BCUT2D eigenvalue weighted by Crippen LogP contribution is 2.14. The van der Waals surface area contributed by atoms with Crippen LogP contribution in [-0.4, -0.2) is 15.2 Å². The van der Waals surface area contributed by atoms with E-state index in [4.69, 9.17) is 0 Å². The van der Waals surface area contributed by atoms with Crippen LogP contribution in [0.4, 0.5) is 0 Å². The van der Waals surface area contributed by atoms with E-state index in [1.807, 2.05) is 53.4 Å². The molecule has 0 fully saturated rings. The van der Waals surface area contributed by atoms with E-state index in [9.17, 15) is 4.79 Å². The number of thiazole rings is 1. The highest BCUT2D eigenvalue weighted by atomic mass is 32.1. The first-order valence-corrected chi connectivity index (χ1v) is 6.62. The van der Waals surface area contributed by atoms with Crippen molar-refractivity contribution >= 4 is 22.1 Å². The molecule has 3 rings (SSSR count). The van der Waals surface area contributed by atoms with Gasteiger partial charge in [-0.05, 0) is 12.5 Å². The number of hydrogen-bond donors (Lipinski definition) is 0. The molecule has 2 heterocycles. The average molecular weight is 256 g/mol. The van der Waals surface area contributed by atoms with Crippen LogP contribution in [0.3, 0.4) is 0 Å². The number of carbonyl (C=O) groups is 1. The summed E-state index contributed by atoms with van der Waals surface area (Å²) in [4.78, 5) is 17.5. The zero-order valence-corrected chi connectivity index (χ0v) is 10.8. The van der Waals surface area contributed by atoms with E-state index >= 15 is 0 Å². The Hall–Kier alpha value is -1.94. The Morgan fingerprint density at radius 1 is 1.39 bits per heavy atom. The van der Waals surface area contributed by atoms with Crippen molar-refractivity contribution in [2.75, 3.05) is 0 Å². The van der Waals surface area contributed by atoms with Crippen LogP contribution in [0.25, 0.3) is 4.96 Å². The second-order valence-electron chi connectivity index (χ2n) is 4.24. The van der Waals surface area contributed by atoms with Gasteiger partial charge in [-0.3, -0.25) is 9.20 Å². The molecule has 0 aliphatic carbocycles. The molecule has 0 N–H and O–H groups in total. The summed E-state index contributed by atoms with van der Waals surface area (Å²) in [6.07, 6.45) is 4.23. The molecule has 0 atom stereocenters. The van der Waals surface area contributed by atoms with E-state index in [0.29, 0.717) is 6.42 Å². The van der Waals surface area contributed by atoms with Gasteiger partial charge in [0.2, 0.25) is 0 Å².